The summed E-state index contributed by atoms with van der Waals surface area (Å²) in [6.07, 6.45) is 3.00. The summed E-state index contributed by atoms with van der Waals surface area (Å²) in [5.74, 6) is -0.413. The van der Waals surface area contributed by atoms with Crippen LogP contribution in [0.1, 0.15) is 0 Å². The van der Waals surface area contributed by atoms with Gasteiger partial charge < -0.3 is 4.90 Å². The van der Waals surface area contributed by atoms with Gasteiger partial charge in [-0.3, -0.25) is 4.79 Å². The van der Waals surface area contributed by atoms with Gasteiger partial charge in [0.05, 0.1) is 22.8 Å². The Bertz CT molecular complexity index is 1250. The van der Waals surface area contributed by atoms with Crippen LogP contribution >= 0.6 is 30.3 Å². The van der Waals surface area contributed by atoms with Gasteiger partial charge in [0, 0.05) is 35.7 Å². The molecule has 0 bridgehead atoms. The van der Waals surface area contributed by atoms with Crippen molar-refractivity contribution in [2.75, 3.05) is 19.0 Å². The van der Waals surface area contributed by atoms with Gasteiger partial charge in [0.2, 0.25) is 5.78 Å². The van der Waals surface area contributed by atoms with Crippen LogP contribution in [-0.4, -0.2) is 25.6 Å². The van der Waals surface area contributed by atoms with Crippen molar-refractivity contribution in [3.8, 4) is 0 Å². The van der Waals surface area contributed by atoms with Crippen molar-refractivity contribution in [1.29, 1.82) is 0 Å². The third-order valence-corrected chi connectivity index (χ3v) is 9.33. The molecule has 4 nitrogen and oxygen atoms in total. The lowest BCUT2D eigenvalue weighted by Gasteiger charge is -2.26. The highest BCUT2D eigenvalue weighted by atomic mass is 35.5. The highest BCUT2D eigenvalue weighted by Gasteiger charge is 2.28. The molecule has 0 amide bonds. The predicted octanol–water partition coefficient (Wildman–Crippen LogP) is 5.41. The SMILES string of the molecule is CN(C)c1ccc(P(=NN=C2C=C(Cl)C(=O)C(Cl)=C2)(c2ccccc2)c2ccccc2)cc1. The van der Waals surface area contributed by atoms with Gasteiger partial charge in [-0.25, -0.2) is 0 Å². The minimum atomic E-state index is -2.54. The van der Waals surface area contributed by atoms with E-state index in [4.69, 9.17) is 28.1 Å². The van der Waals surface area contributed by atoms with Crippen LogP contribution in [0.5, 0.6) is 0 Å². The van der Waals surface area contributed by atoms with Crippen LogP contribution in [0.3, 0.4) is 0 Å². The molecule has 0 saturated carbocycles. The summed E-state index contributed by atoms with van der Waals surface area (Å²) in [6, 6.07) is 28.8. The molecule has 0 saturated heterocycles. The maximum atomic E-state index is 11.9. The molecular weight excluding hydrogens is 472 g/mol. The molecule has 0 fully saturated rings. The average Bonchev–Trinajstić information content (AvgIpc) is 2.84. The molecule has 33 heavy (non-hydrogen) atoms. The molecule has 1 aliphatic rings. The molecule has 0 N–H and O–H groups in total. The molecule has 7 heteroatoms. The second kappa shape index (κ2) is 9.93. The van der Waals surface area contributed by atoms with Crippen LogP contribution < -0.4 is 20.8 Å². The molecule has 0 aliphatic heterocycles. The highest BCUT2D eigenvalue weighted by Crippen LogP contribution is 2.47. The fourth-order valence-corrected chi connectivity index (χ4v) is 7.28. The van der Waals surface area contributed by atoms with Gasteiger partial charge in [0.25, 0.3) is 0 Å². The Kier molecular flexibility index (Phi) is 6.99. The quantitative estimate of drug-likeness (QED) is 0.270. The summed E-state index contributed by atoms with van der Waals surface area (Å²) in [5, 5.41) is 7.82. The number of hydrogen-bond acceptors (Lipinski definition) is 3. The summed E-state index contributed by atoms with van der Waals surface area (Å²) in [4.78, 5) is 19.0. The lowest BCUT2D eigenvalue weighted by Crippen LogP contribution is -2.25. The third-order valence-electron chi connectivity index (χ3n) is 5.28. The number of allylic oxidation sites excluding steroid dienone is 4. The zero-order chi connectivity index (χ0) is 23.4. The van der Waals surface area contributed by atoms with Gasteiger partial charge >= 0.3 is 0 Å². The molecule has 166 valence electrons. The van der Waals surface area contributed by atoms with E-state index in [1.807, 2.05) is 50.5 Å². The molecule has 3 aromatic carbocycles. The monoisotopic (exact) mass is 493 g/mol. The number of carbonyl (C=O) groups excluding carboxylic acids is 1. The first-order chi connectivity index (χ1) is 15.9. The molecule has 0 radical (unpaired) electrons. The summed E-state index contributed by atoms with van der Waals surface area (Å²) in [6.45, 7) is 0. The zero-order valence-corrected chi connectivity index (χ0v) is 20.6. The smallest absolute Gasteiger partial charge is 0.215 e. The van der Waals surface area contributed by atoms with Crippen LogP contribution in [0, 0.1) is 0 Å². The third kappa shape index (κ3) is 4.74. The maximum absolute atomic E-state index is 11.9. The first-order valence-corrected chi connectivity index (χ1v) is 12.8. The number of anilines is 1. The van der Waals surface area contributed by atoms with E-state index in [1.54, 1.807) is 0 Å². The van der Waals surface area contributed by atoms with Crippen molar-refractivity contribution >= 4 is 63.4 Å². The fraction of sp³-hybridized carbons (Fsp3) is 0.0769. The molecular formula is C26H22Cl2N3OP. The van der Waals surface area contributed by atoms with Gasteiger partial charge in [-0.1, -0.05) is 96.0 Å². The molecule has 0 unspecified atom stereocenters. The lowest BCUT2D eigenvalue weighted by atomic mass is 10.1. The normalized spacial score (nSPS) is 13.8. The molecule has 0 heterocycles. The Morgan fingerprint density at radius 1 is 0.697 bits per heavy atom. The van der Waals surface area contributed by atoms with Crippen molar-refractivity contribution in [1.82, 2.24) is 0 Å². The van der Waals surface area contributed by atoms with E-state index in [1.165, 1.54) is 12.2 Å². The second-order valence-corrected chi connectivity index (χ2v) is 11.5. The number of hydrogen-bond donors (Lipinski definition) is 0. The number of nitrogens with zero attached hydrogens (tertiary/aromatic N) is 3. The number of benzene rings is 3. The van der Waals surface area contributed by atoms with Crippen molar-refractivity contribution in [2.24, 2.45) is 9.96 Å². The van der Waals surface area contributed by atoms with Crippen molar-refractivity contribution in [3.05, 3.63) is 107 Å². The van der Waals surface area contributed by atoms with Gasteiger partial charge in [0.1, 0.15) is 0 Å². The van der Waals surface area contributed by atoms with E-state index >= 15 is 0 Å². The van der Waals surface area contributed by atoms with Crippen LogP contribution in [-0.2, 0) is 4.79 Å². The van der Waals surface area contributed by atoms with Gasteiger partial charge in [-0.05, 0) is 24.3 Å². The predicted molar refractivity (Wildman–Crippen MR) is 142 cm³/mol. The Labute approximate surface area is 203 Å². The lowest BCUT2D eigenvalue weighted by molar-refractivity contribution is -0.111. The second-order valence-electron chi connectivity index (χ2n) is 7.65. The number of rotatable bonds is 5. The molecule has 0 atom stereocenters. The summed E-state index contributed by atoms with van der Waals surface area (Å²) in [7, 11) is 1.49. The number of halogens is 2. The summed E-state index contributed by atoms with van der Waals surface area (Å²) < 4.78 is 0. The van der Waals surface area contributed by atoms with Crippen LogP contribution in [0.4, 0.5) is 5.69 Å². The van der Waals surface area contributed by atoms with Gasteiger partial charge in [-0.15, -0.1) is 0 Å². The Morgan fingerprint density at radius 3 is 1.61 bits per heavy atom. The minimum Gasteiger partial charge on any atom is -0.378 e. The van der Waals surface area contributed by atoms with Gasteiger partial charge in [-0.2, -0.15) is 9.96 Å². The van der Waals surface area contributed by atoms with E-state index in [-0.39, 0.29) is 10.1 Å². The average molecular weight is 494 g/mol. The molecule has 4 rings (SSSR count). The van der Waals surface area contributed by atoms with E-state index in [0.29, 0.717) is 5.71 Å². The first kappa shape index (κ1) is 23.3. The molecule has 0 spiro atoms. The van der Waals surface area contributed by atoms with Crippen LogP contribution in [0.25, 0.3) is 0 Å². The number of Topliss-reactive ketones (excluding diaryl/α,β-unsaturated/α-hetero) is 1. The summed E-state index contributed by atoms with van der Waals surface area (Å²) in [5.41, 5.74) is 1.53. The van der Waals surface area contributed by atoms with Crippen molar-refractivity contribution in [3.63, 3.8) is 0 Å². The molecule has 0 aromatic heterocycles. The molecule has 1 aliphatic carbocycles. The standard InChI is InChI=1S/C26H22Cl2N3OP/c1-31(2)20-13-15-23(16-14-20)33(21-9-5-3-6-10-21,22-11-7-4-8-12-22)30-29-19-17-24(27)26(32)25(28)18-19/h3-18H,1-2H3. The molecule has 3 aromatic rings. The Balaban J connectivity index is 2.04. The topological polar surface area (TPSA) is 45.0 Å². The Hall–Kier alpha value is -2.91. The zero-order valence-electron chi connectivity index (χ0n) is 18.2. The van der Waals surface area contributed by atoms with E-state index in [0.717, 1.165) is 21.6 Å². The Morgan fingerprint density at radius 2 is 1.15 bits per heavy atom. The van der Waals surface area contributed by atoms with E-state index in [9.17, 15) is 4.79 Å². The minimum absolute atomic E-state index is 0.0233. The van der Waals surface area contributed by atoms with Crippen molar-refractivity contribution < 1.29 is 4.79 Å². The summed E-state index contributed by atoms with van der Waals surface area (Å²) >= 11 is 12.1. The first-order valence-electron chi connectivity index (χ1n) is 10.3. The largest absolute Gasteiger partial charge is 0.378 e. The van der Waals surface area contributed by atoms with Gasteiger partial charge in [0.15, 0.2) is 0 Å². The number of carbonyl (C=O) groups is 1. The van der Waals surface area contributed by atoms with E-state index < -0.39 is 12.8 Å². The fourth-order valence-electron chi connectivity index (χ4n) is 3.58. The van der Waals surface area contributed by atoms with Crippen LogP contribution in [0.2, 0.25) is 0 Å². The van der Waals surface area contributed by atoms with E-state index in [2.05, 4.69) is 58.5 Å². The highest BCUT2D eigenvalue weighted by molar-refractivity contribution is 7.87. The number of ketones is 1. The van der Waals surface area contributed by atoms with Crippen molar-refractivity contribution in [2.45, 2.75) is 0 Å². The maximum Gasteiger partial charge on any atom is 0.215 e. The van der Waals surface area contributed by atoms with Crippen LogP contribution in [0.15, 0.2) is 117 Å².